The number of fused-ring (bicyclic) bond motifs is 1. The van der Waals surface area contributed by atoms with Crippen LogP contribution in [0, 0.1) is 5.82 Å². The van der Waals surface area contributed by atoms with E-state index in [2.05, 4.69) is 4.98 Å². The lowest BCUT2D eigenvalue weighted by Crippen LogP contribution is -2.29. The van der Waals surface area contributed by atoms with E-state index in [0.29, 0.717) is 10.7 Å². The van der Waals surface area contributed by atoms with Crippen LogP contribution in [0.15, 0.2) is 48.5 Å². The molecule has 1 aromatic heterocycles. The molecular formula is C18H16ClFN2O. The Kier molecular flexibility index (Phi) is 4.09. The van der Waals surface area contributed by atoms with E-state index < -0.39 is 0 Å². The third-order valence-corrected chi connectivity index (χ3v) is 4.30. The molecule has 0 saturated carbocycles. The standard InChI is InChI=1S/C18H16ClFN2O/c1-11(12-3-6-15(20)7-4-12)22(2)18(23)17-10-13-9-14(19)5-8-16(13)21-17/h3-11,21H,1-2H3. The van der Waals surface area contributed by atoms with Crippen molar-refractivity contribution in [3.63, 3.8) is 0 Å². The molecule has 1 heterocycles. The number of nitrogens with one attached hydrogen (secondary N) is 1. The average Bonchev–Trinajstić information content (AvgIpc) is 2.96. The van der Waals surface area contributed by atoms with Gasteiger partial charge in [-0.15, -0.1) is 0 Å². The third-order valence-electron chi connectivity index (χ3n) is 4.07. The van der Waals surface area contributed by atoms with Gasteiger partial charge in [-0.2, -0.15) is 0 Å². The molecule has 1 N–H and O–H groups in total. The van der Waals surface area contributed by atoms with E-state index in [-0.39, 0.29) is 17.8 Å². The van der Waals surface area contributed by atoms with Gasteiger partial charge in [0.15, 0.2) is 0 Å². The minimum absolute atomic E-state index is 0.130. The summed E-state index contributed by atoms with van der Waals surface area (Å²) in [5, 5.41) is 1.52. The quantitative estimate of drug-likeness (QED) is 0.736. The monoisotopic (exact) mass is 330 g/mol. The number of aromatic nitrogens is 1. The molecule has 1 amide bonds. The Morgan fingerprint density at radius 3 is 2.57 bits per heavy atom. The minimum Gasteiger partial charge on any atom is -0.351 e. The van der Waals surface area contributed by atoms with Crippen LogP contribution in [0.25, 0.3) is 10.9 Å². The number of hydrogen-bond donors (Lipinski definition) is 1. The first-order chi connectivity index (χ1) is 11.0. The number of halogens is 2. The van der Waals surface area contributed by atoms with Crippen LogP contribution in [-0.4, -0.2) is 22.8 Å². The van der Waals surface area contributed by atoms with Gasteiger partial charge in [-0.3, -0.25) is 4.79 Å². The number of nitrogens with zero attached hydrogens (tertiary/aromatic N) is 1. The summed E-state index contributed by atoms with van der Waals surface area (Å²) in [4.78, 5) is 17.4. The predicted octanol–water partition coefficient (Wildman–Crippen LogP) is 4.79. The second-order valence-electron chi connectivity index (χ2n) is 5.56. The van der Waals surface area contributed by atoms with Gasteiger partial charge in [-0.25, -0.2) is 4.39 Å². The second kappa shape index (κ2) is 6.05. The molecular weight excluding hydrogens is 315 g/mol. The Morgan fingerprint density at radius 2 is 1.87 bits per heavy atom. The molecule has 0 radical (unpaired) electrons. The zero-order valence-electron chi connectivity index (χ0n) is 12.8. The molecule has 0 spiro atoms. The predicted molar refractivity (Wildman–Crippen MR) is 90.2 cm³/mol. The summed E-state index contributed by atoms with van der Waals surface area (Å²) in [5.74, 6) is -0.420. The number of benzene rings is 2. The van der Waals surface area contributed by atoms with Crippen molar-refractivity contribution in [1.82, 2.24) is 9.88 Å². The van der Waals surface area contributed by atoms with Crippen molar-refractivity contribution in [2.75, 3.05) is 7.05 Å². The van der Waals surface area contributed by atoms with E-state index in [1.54, 1.807) is 36.2 Å². The number of carbonyl (C=O) groups is 1. The summed E-state index contributed by atoms with van der Waals surface area (Å²) < 4.78 is 13.0. The second-order valence-corrected chi connectivity index (χ2v) is 5.99. The van der Waals surface area contributed by atoms with E-state index in [9.17, 15) is 9.18 Å². The summed E-state index contributed by atoms with van der Waals surface area (Å²) in [7, 11) is 1.73. The van der Waals surface area contributed by atoms with Crippen LogP contribution >= 0.6 is 11.6 Å². The van der Waals surface area contributed by atoms with Gasteiger partial charge in [-0.05, 0) is 48.9 Å². The molecule has 118 valence electrons. The highest BCUT2D eigenvalue weighted by Gasteiger charge is 2.20. The van der Waals surface area contributed by atoms with Gasteiger partial charge in [0.2, 0.25) is 0 Å². The summed E-state index contributed by atoms with van der Waals surface area (Å²) in [5.41, 5.74) is 2.24. The number of H-pyrrole nitrogens is 1. The first-order valence-electron chi connectivity index (χ1n) is 7.26. The molecule has 0 aliphatic carbocycles. The fourth-order valence-electron chi connectivity index (χ4n) is 2.55. The van der Waals surface area contributed by atoms with Crippen LogP contribution in [0.3, 0.4) is 0 Å². The molecule has 3 aromatic rings. The van der Waals surface area contributed by atoms with Crippen LogP contribution in [0.5, 0.6) is 0 Å². The molecule has 2 aromatic carbocycles. The highest BCUT2D eigenvalue weighted by Crippen LogP contribution is 2.24. The molecule has 0 bridgehead atoms. The van der Waals surface area contributed by atoms with E-state index in [1.807, 2.05) is 19.1 Å². The zero-order chi connectivity index (χ0) is 16.6. The molecule has 5 heteroatoms. The molecule has 0 aliphatic rings. The minimum atomic E-state index is -0.289. The first-order valence-corrected chi connectivity index (χ1v) is 7.64. The smallest absolute Gasteiger partial charge is 0.270 e. The van der Waals surface area contributed by atoms with Gasteiger partial charge in [0.25, 0.3) is 5.91 Å². The molecule has 0 saturated heterocycles. The summed E-state index contributed by atoms with van der Waals surface area (Å²) in [6.45, 7) is 1.91. The zero-order valence-corrected chi connectivity index (χ0v) is 13.6. The van der Waals surface area contributed by atoms with Crippen LogP contribution < -0.4 is 0 Å². The number of aromatic amines is 1. The van der Waals surface area contributed by atoms with Gasteiger partial charge in [0.05, 0.1) is 6.04 Å². The normalized spacial score (nSPS) is 12.3. The average molecular weight is 331 g/mol. The molecule has 0 fully saturated rings. The van der Waals surface area contributed by atoms with Gasteiger partial charge in [0.1, 0.15) is 11.5 Å². The number of carbonyl (C=O) groups excluding carboxylic acids is 1. The summed E-state index contributed by atoms with van der Waals surface area (Å²) in [6.07, 6.45) is 0. The maximum atomic E-state index is 13.0. The topological polar surface area (TPSA) is 36.1 Å². The van der Waals surface area contributed by atoms with E-state index in [4.69, 9.17) is 11.6 Å². The van der Waals surface area contributed by atoms with Crippen LogP contribution in [0.4, 0.5) is 4.39 Å². The third kappa shape index (κ3) is 3.08. The van der Waals surface area contributed by atoms with Gasteiger partial charge < -0.3 is 9.88 Å². The molecule has 1 atom stereocenters. The lowest BCUT2D eigenvalue weighted by molar-refractivity contribution is 0.0737. The molecule has 23 heavy (non-hydrogen) atoms. The Balaban J connectivity index is 1.86. The van der Waals surface area contributed by atoms with E-state index in [1.165, 1.54) is 12.1 Å². The molecule has 3 rings (SSSR count). The van der Waals surface area contributed by atoms with Crippen molar-refractivity contribution in [3.05, 3.63) is 70.6 Å². The van der Waals surface area contributed by atoms with Crippen LogP contribution in [-0.2, 0) is 0 Å². The molecule has 0 aliphatic heterocycles. The van der Waals surface area contributed by atoms with Crippen molar-refractivity contribution < 1.29 is 9.18 Å². The van der Waals surface area contributed by atoms with Crippen molar-refractivity contribution in [2.24, 2.45) is 0 Å². The van der Waals surface area contributed by atoms with E-state index in [0.717, 1.165) is 16.5 Å². The number of hydrogen-bond acceptors (Lipinski definition) is 1. The Hall–Kier alpha value is -2.33. The SMILES string of the molecule is CC(c1ccc(F)cc1)N(C)C(=O)c1cc2cc(Cl)ccc2[nH]1. The fourth-order valence-corrected chi connectivity index (χ4v) is 2.73. The lowest BCUT2D eigenvalue weighted by atomic mass is 10.1. The lowest BCUT2D eigenvalue weighted by Gasteiger charge is -2.25. The van der Waals surface area contributed by atoms with Gasteiger partial charge in [0, 0.05) is 23.0 Å². The van der Waals surface area contributed by atoms with Crippen LogP contribution in [0.2, 0.25) is 5.02 Å². The maximum absolute atomic E-state index is 13.0. The number of amides is 1. The number of rotatable bonds is 3. The maximum Gasteiger partial charge on any atom is 0.270 e. The van der Waals surface area contributed by atoms with Crippen molar-refractivity contribution in [1.29, 1.82) is 0 Å². The van der Waals surface area contributed by atoms with Crippen molar-refractivity contribution >= 4 is 28.4 Å². The first kappa shape index (κ1) is 15.6. The largest absolute Gasteiger partial charge is 0.351 e. The highest BCUT2D eigenvalue weighted by molar-refractivity contribution is 6.31. The van der Waals surface area contributed by atoms with Crippen molar-refractivity contribution in [3.8, 4) is 0 Å². The van der Waals surface area contributed by atoms with E-state index >= 15 is 0 Å². The van der Waals surface area contributed by atoms with Crippen molar-refractivity contribution in [2.45, 2.75) is 13.0 Å². The Bertz CT molecular complexity index is 857. The Morgan fingerprint density at radius 1 is 1.17 bits per heavy atom. The molecule has 3 nitrogen and oxygen atoms in total. The fraction of sp³-hybridized carbons (Fsp3) is 0.167. The Labute approximate surface area is 138 Å². The van der Waals surface area contributed by atoms with Crippen LogP contribution in [0.1, 0.15) is 29.0 Å². The summed E-state index contributed by atoms with van der Waals surface area (Å²) in [6, 6.07) is 13.2. The highest BCUT2D eigenvalue weighted by atomic mass is 35.5. The van der Waals surface area contributed by atoms with Gasteiger partial charge >= 0.3 is 0 Å². The summed E-state index contributed by atoms with van der Waals surface area (Å²) >= 11 is 5.97. The van der Waals surface area contributed by atoms with Gasteiger partial charge in [-0.1, -0.05) is 23.7 Å². The molecule has 1 unspecified atom stereocenters.